The minimum atomic E-state index is -0.701. The van der Waals surface area contributed by atoms with Crippen molar-refractivity contribution in [3.63, 3.8) is 0 Å². The Labute approximate surface area is 72.7 Å². The molecule has 0 aromatic rings. The van der Waals surface area contributed by atoms with Crippen LogP contribution in [0.15, 0.2) is 25.0 Å². The molecule has 3 N–H and O–H groups in total. The van der Waals surface area contributed by atoms with Crippen molar-refractivity contribution >= 4 is 0 Å². The molecule has 0 bridgehead atoms. The summed E-state index contributed by atoms with van der Waals surface area (Å²) in [4.78, 5) is 0. The molecule has 0 aromatic carbocycles. The summed E-state index contributed by atoms with van der Waals surface area (Å²) in [6.45, 7) is 6.46. The summed E-state index contributed by atoms with van der Waals surface area (Å²) in [5.74, 6) is -0.0278. The van der Waals surface area contributed by atoms with Crippen LogP contribution in [0, 0.1) is 5.41 Å². The molecule has 0 spiro atoms. The van der Waals surface area contributed by atoms with E-state index in [-0.39, 0.29) is 25.4 Å². The first-order valence-corrected chi connectivity index (χ1v) is 3.79. The third kappa shape index (κ3) is 3.07. The molecule has 0 aromatic heterocycles. The number of hydrogen-bond donors (Lipinski definition) is 3. The maximum absolute atomic E-state index is 9.00. The first-order valence-electron chi connectivity index (χ1n) is 3.79. The van der Waals surface area contributed by atoms with Crippen LogP contribution in [-0.4, -0.2) is 28.5 Å². The van der Waals surface area contributed by atoms with Crippen LogP contribution in [0.25, 0.3) is 0 Å². The second-order valence-corrected chi connectivity index (χ2v) is 3.05. The van der Waals surface area contributed by atoms with Crippen molar-refractivity contribution in [2.45, 2.75) is 12.8 Å². The van der Waals surface area contributed by atoms with Crippen molar-refractivity contribution in [2.24, 2.45) is 5.41 Å². The van der Waals surface area contributed by atoms with Crippen LogP contribution >= 0.6 is 0 Å². The summed E-state index contributed by atoms with van der Waals surface area (Å²) in [5.41, 5.74) is -0.701. The Balaban J connectivity index is 4.33. The van der Waals surface area contributed by atoms with E-state index < -0.39 is 5.41 Å². The molecule has 0 saturated heterocycles. The third-order valence-electron chi connectivity index (χ3n) is 1.83. The van der Waals surface area contributed by atoms with E-state index in [1.54, 1.807) is 6.08 Å². The summed E-state index contributed by atoms with van der Waals surface area (Å²) in [5, 5.41) is 26.9. The van der Waals surface area contributed by atoms with Crippen LogP contribution in [0.2, 0.25) is 0 Å². The third-order valence-corrected chi connectivity index (χ3v) is 1.83. The SMILES string of the molecule is C=CCC(CO)(CO)CC(=C)O. The summed E-state index contributed by atoms with van der Waals surface area (Å²) >= 11 is 0. The summed E-state index contributed by atoms with van der Waals surface area (Å²) in [6, 6.07) is 0. The molecule has 0 radical (unpaired) electrons. The Hall–Kier alpha value is -0.800. The summed E-state index contributed by atoms with van der Waals surface area (Å²) in [6.07, 6.45) is 2.26. The first-order chi connectivity index (χ1) is 5.60. The lowest BCUT2D eigenvalue weighted by Gasteiger charge is -2.27. The van der Waals surface area contributed by atoms with Gasteiger partial charge in [0.2, 0.25) is 0 Å². The molecule has 0 amide bonds. The van der Waals surface area contributed by atoms with Crippen molar-refractivity contribution in [3.05, 3.63) is 25.0 Å². The lowest BCUT2D eigenvalue weighted by Crippen LogP contribution is -2.29. The quantitative estimate of drug-likeness (QED) is 0.413. The van der Waals surface area contributed by atoms with Gasteiger partial charge in [-0.3, -0.25) is 0 Å². The van der Waals surface area contributed by atoms with Gasteiger partial charge >= 0.3 is 0 Å². The molecule has 3 nitrogen and oxygen atoms in total. The highest BCUT2D eigenvalue weighted by Gasteiger charge is 2.28. The molecule has 0 unspecified atom stereocenters. The second-order valence-electron chi connectivity index (χ2n) is 3.05. The van der Waals surface area contributed by atoms with E-state index in [4.69, 9.17) is 15.3 Å². The number of aliphatic hydroxyl groups is 3. The molecule has 0 saturated carbocycles. The molecule has 3 heteroatoms. The molecule has 12 heavy (non-hydrogen) atoms. The Morgan fingerprint density at radius 2 is 1.83 bits per heavy atom. The van der Waals surface area contributed by atoms with Gasteiger partial charge in [-0.1, -0.05) is 12.7 Å². The van der Waals surface area contributed by atoms with Crippen LogP contribution in [0.3, 0.4) is 0 Å². The molecule has 0 fully saturated rings. The largest absolute Gasteiger partial charge is 0.513 e. The Bertz CT molecular complexity index is 159. The lowest BCUT2D eigenvalue weighted by atomic mass is 9.82. The minimum absolute atomic E-state index is 0.0278. The highest BCUT2D eigenvalue weighted by atomic mass is 16.3. The minimum Gasteiger partial charge on any atom is -0.513 e. The van der Waals surface area contributed by atoms with Gasteiger partial charge in [-0.15, -0.1) is 6.58 Å². The lowest BCUT2D eigenvalue weighted by molar-refractivity contribution is 0.0486. The zero-order chi connectivity index (χ0) is 9.61. The van der Waals surface area contributed by atoms with Crippen molar-refractivity contribution in [2.75, 3.05) is 13.2 Å². The zero-order valence-corrected chi connectivity index (χ0v) is 7.16. The van der Waals surface area contributed by atoms with Crippen LogP contribution in [0.1, 0.15) is 12.8 Å². The van der Waals surface area contributed by atoms with Gasteiger partial charge in [0.1, 0.15) is 0 Å². The Morgan fingerprint density at radius 1 is 1.33 bits per heavy atom. The van der Waals surface area contributed by atoms with Gasteiger partial charge in [0, 0.05) is 11.8 Å². The topological polar surface area (TPSA) is 60.7 Å². The zero-order valence-electron chi connectivity index (χ0n) is 7.16. The molecular formula is C9H16O3. The molecule has 0 rings (SSSR count). The molecule has 0 atom stereocenters. The normalized spacial score (nSPS) is 11.2. The summed E-state index contributed by atoms with van der Waals surface area (Å²) < 4.78 is 0. The molecule has 0 aliphatic heterocycles. The Morgan fingerprint density at radius 3 is 2.08 bits per heavy atom. The number of rotatable bonds is 6. The predicted molar refractivity (Wildman–Crippen MR) is 47.8 cm³/mol. The van der Waals surface area contributed by atoms with E-state index in [2.05, 4.69) is 13.2 Å². The number of aliphatic hydroxyl groups excluding tert-OH is 3. The molecule has 0 heterocycles. The molecule has 0 aliphatic carbocycles. The number of allylic oxidation sites excluding steroid dienone is 2. The van der Waals surface area contributed by atoms with Crippen molar-refractivity contribution < 1.29 is 15.3 Å². The smallest absolute Gasteiger partial charge is 0.0858 e. The monoisotopic (exact) mass is 172 g/mol. The molecule has 0 aliphatic rings. The van der Waals surface area contributed by atoms with Crippen LogP contribution in [-0.2, 0) is 0 Å². The van der Waals surface area contributed by atoms with Gasteiger partial charge in [-0.25, -0.2) is 0 Å². The Kier molecular flexibility index (Phi) is 4.62. The van der Waals surface area contributed by atoms with Crippen molar-refractivity contribution in [1.82, 2.24) is 0 Å². The van der Waals surface area contributed by atoms with E-state index >= 15 is 0 Å². The average molecular weight is 172 g/mol. The fourth-order valence-corrected chi connectivity index (χ4v) is 1.10. The maximum atomic E-state index is 9.00. The van der Waals surface area contributed by atoms with Gasteiger partial charge < -0.3 is 15.3 Å². The van der Waals surface area contributed by atoms with E-state index in [0.717, 1.165) is 0 Å². The maximum Gasteiger partial charge on any atom is 0.0858 e. The highest BCUT2D eigenvalue weighted by molar-refractivity contribution is 4.94. The van der Waals surface area contributed by atoms with Gasteiger partial charge in [0.05, 0.1) is 19.0 Å². The highest BCUT2D eigenvalue weighted by Crippen LogP contribution is 2.28. The second kappa shape index (κ2) is 4.95. The average Bonchev–Trinajstić information content (AvgIpc) is 2.03. The van der Waals surface area contributed by atoms with Crippen LogP contribution in [0.5, 0.6) is 0 Å². The van der Waals surface area contributed by atoms with Crippen molar-refractivity contribution in [3.8, 4) is 0 Å². The van der Waals surface area contributed by atoms with Gasteiger partial charge in [0.25, 0.3) is 0 Å². The van der Waals surface area contributed by atoms with Gasteiger partial charge in [-0.2, -0.15) is 0 Å². The van der Waals surface area contributed by atoms with E-state index in [0.29, 0.717) is 6.42 Å². The van der Waals surface area contributed by atoms with E-state index in [1.807, 2.05) is 0 Å². The van der Waals surface area contributed by atoms with Gasteiger partial charge in [0.15, 0.2) is 0 Å². The molecular weight excluding hydrogens is 156 g/mol. The predicted octanol–water partition coefficient (Wildman–Crippen LogP) is 0.995. The fourth-order valence-electron chi connectivity index (χ4n) is 1.10. The van der Waals surface area contributed by atoms with Crippen LogP contribution in [0.4, 0.5) is 0 Å². The van der Waals surface area contributed by atoms with Crippen LogP contribution < -0.4 is 0 Å². The first kappa shape index (κ1) is 11.2. The van der Waals surface area contributed by atoms with E-state index in [9.17, 15) is 0 Å². The summed E-state index contributed by atoms with van der Waals surface area (Å²) in [7, 11) is 0. The van der Waals surface area contributed by atoms with E-state index in [1.165, 1.54) is 0 Å². The number of hydrogen-bond acceptors (Lipinski definition) is 3. The molecule has 70 valence electrons. The van der Waals surface area contributed by atoms with Crippen molar-refractivity contribution in [1.29, 1.82) is 0 Å². The van der Waals surface area contributed by atoms with Gasteiger partial charge in [-0.05, 0) is 6.42 Å². The fraction of sp³-hybridized carbons (Fsp3) is 0.556. The standard InChI is InChI=1S/C9H16O3/c1-3-4-9(6-10,7-11)5-8(2)12/h3,10-12H,1-2,4-7H2.